The quantitative estimate of drug-likeness (QED) is 0.240. The molecule has 0 aliphatic carbocycles. The molecule has 0 bridgehead atoms. The number of nitrogens with zero attached hydrogens (tertiary/aromatic N) is 5. The van der Waals surface area contributed by atoms with Gasteiger partial charge in [0.1, 0.15) is 11.5 Å². The highest BCUT2D eigenvalue weighted by molar-refractivity contribution is 6.01. The smallest absolute Gasteiger partial charge is 0.271 e. The number of hydrogen-bond donors (Lipinski definition) is 4. The van der Waals surface area contributed by atoms with E-state index >= 15 is 4.39 Å². The summed E-state index contributed by atoms with van der Waals surface area (Å²) in [6.07, 6.45) is 4.05. The fraction of sp³-hybridized carbons (Fsp3) is 0.406. The summed E-state index contributed by atoms with van der Waals surface area (Å²) in [5.41, 5.74) is 8.82. The minimum absolute atomic E-state index is 0.0107. The van der Waals surface area contributed by atoms with E-state index in [4.69, 9.17) is 15.5 Å². The lowest BCUT2D eigenvalue weighted by atomic mass is 10.0. The van der Waals surface area contributed by atoms with Crippen molar-refractivity contribution in [3.63, 3.8) is 0 Å². The number of likely N-dealkylation sites (N-methyl/N-ethyl adjacent to an activating group) is 1. The Morgan fingerprint density at radius 3 is 2.41 bits per heavy atom. The highest BCUT2D eigenvalue weighted by atomic mass is 19.1. The second-order valence-electron chi connectivity index (χ2n) is 12.0. The van der Waals surface area contributed by atoms with Gasteiger partial charge >= 0.3 is 0 Å². The Morgan fingerprint density at radius 1 is 0.977 bits per heavy atom. The minimum atomic E-state index is -0.763. The van der Waals surface area contributed by atoms with E-state index in [9.17, 15) is 4.79 Å². The Hall–Kier alpha value is -4.26. The number of fused-ring (bicyclic) bond motifs is 1. The van der Waals surface area contributed by atoms with Gasteiger partial charge in [-0.25, -0.2) is 14.4 Å². The molecule has 0 radical (unpaired) electrons. The number of nitrogens with two attached hydrogens (primary N) is 1. The van der Waals surface area contributed by atoms with Crippen molar-refractivity contribution in [3.8, 4) is 11.3 Å². The number of aromatic nitrogens is 3. The largest absolute Gasteiger partial charge is 0.377 e. The molecule has 7 rings (SSSR count). The molecule has 11 nitrogen and oxygen atoms in total. The number of halogens is 1. The molecule has 5 N–H and O–H groups in total. The van der Waals surface area contributed by atoms with Crippen LogP contribution in [0.2, 0.25) is 0 Å². The number of nitrogens with one attached hydrogen (secondary N) is 3. The van der Waals surface area contributed by atoms with E-state index in [-0.39, 0.29) is 28.8 Å². The zero-order chi connectivity index (χ0) is 30.2. The predicted octanol–water partition coefficient (Wildman–Crippen LogP) is 3.63. The van der Waals surface area contributed by atoms with E-state index < -0.39 is 11.7 Å². The number of amides is 1. The Bertz CT molecular complexity index is 1640. The first-order valence-corrected chi connectivity index (χ1v) is 15.3. The summed E-state index contributed by atoms with van der Waals surface area (Å²) < 4.78 is 20.7. The van der Waals surface area contributed by atoms with Gasteiger partial charge in [0.2, 0.25) is 0 Å². The minimum Gasteiger partial charge on any atom is -0.377 e. The zero-order valence-corrected chi connectivity index (χ0v) is 24.9. The van der Waals surface area contributed by atoms with Crippen LogP contribution in [0.1, 0.15) is 23.3 Å². The van der Waals surface area contributed by atoms with Crippen LogP contribution < -0.4 is 21.3 Å². The lowest BCUT2D eigenvalue weighted by Gasteiger charge is -2.42. The van der Waals surface area contributed by atoms with E-state index in [1.807, 2.05) is 12.1 Å². The number of rotatable bonds is 8. The summed E-state index contributed by atoms with van der Waals surface area (Å²) in [5.74, 6) is -0.690. The Kier molecular flexibility index (Phi) is 7.79. The Morgan fingerprint density at radius 2 is 1.73 bits per heavy atom. The van der Waals surface area contributed by atoms with Crippen LogP contribution in [0.15, 0.2) is 48.7 Å². The molecule has 3 saturated heterocycles. The molecular formula is C32H38FN9O2. The number of piperazine rings is 1. The van der Waals surface area contributed by atoms with Gasteiger partial charge in [-0.05, 0) is 62.4 Å². The molecule has 3 aliphatic rings. The fourth-order valence-corrected chi connectivity index (χ4v) is 6.40. The average Bonchev–Trinajstić information content (AvgIpc) is 3.49. The summed E-state index contributed by atoms with van der Waals surface area (Å²) in [5, 5.41) is 7.19. The molecule has 0 atom stereocenters. The number of carbonyl (C=O) groups excluding carboxylic acids is 1. The first kappa shape index (κ1) is 28.5. The third kappa shape index (κ3) is 5.68. The Balaban J connectivity index is 1.12. The Labute approximate surface area is 255 Å². The van der Waals surface area contributed by atoms with Gasteiger partial charge in [0.25, 0.3) is 5.91 Å². The lowest BCUT2D eigenvalue weighted by Crippen LogP contribution is -2.52. The first-order valence-electron chi connectivity index (χ1n) is 15.3. The van der Waals surface area contributed by atoms with Crippen LogP contribution in [-0.4, -0.2) is 102 Å². The van der Waals surface area contributed by atoms with Gasteiger partial charge in [-0.2, -0.15) is 0 Å². The van der Waals surface area contributed by atoms with Crippen LogP contribution in [0, 0.1) is 5.82 Å². The molecule has 0 unspecified atom stereocenters. The maximum absolute atomic E-state index is 15.3. The van der Waals surface area contributed by atoms with Crippen molar-refractivity contribution < 1.29 is 13.9 Å². The number of H-pyrrole nitrogens is 1. The normalized spacial score (nSPS) is 18.8. The van der Waals surface area contributed by atoms with Gasteiger partial charge in [-0.3, -0.25) is 9.69 Å². The molecule has 5 heterocycles. The molecule has 2 aromatic carbocycles. The number of aromatic amines is 1. The molecule has 12 heteroatoms. The van der Waals surface area contributed by atoms with Gasteiger partial charge in [0.15, 0.2) is 17.3 Å². The summed E-state index contributed by atoms with van der Waals surface area (Å²) in [6, 6.07) is 13.6. The van der Waals surface area contributed by atoms with Crippen molar-refractivity contribution in [1.29, 1.82) is 0 Å². The summed E-state index contributed by atoms with van der Waals surface area (Å²) in [6.45, 7) is 7.62. The summed E-state index contributed by atoms with van der Waals surface area (Å²) in [4.78, 5) is 32.6. The van der Waals surface area contributed by atoms with Crippen LogP contribution in [0.3, 0.4) is 0 Å². The summed E-state index contributed by atoms with van der Waals surface area (Å²) >= 11 is 0. The van der Waals surface area contributed by atoms with E-state index in [2.05, 4.69) is 54.5 Å². The maximum Gasteiger partial charge on any atom is 0.271 e. The second-order valence-corrected chi connectivity index (χ2v) is 12.0. The third-order valence-electron chi connectivity index (χ3n) is 9.04. The molecule has 3 fully saturated rings. The highest BCUT2D eigenvalue weighted by Crippen LogP contribution is 2.36. The van der Waals surface area contributed by atoms with Crippen LogP contribution in [0.25, 0.3) is 22.2 Å². The fourth-order valence-electron chi connectivity index (χ4n) is 6.40. The third-order valence-corrected chi connectivity index (χ3v) is 9.04. The molecular weight excluding hydrogens is 561 g/mol. The van der Waals surface area contributed by atoms with Crippen LogP contribution in [-0.2, 0) is 4.74 Å². The van der Waals surface area contributed by atoms with E-state index in [0.29, 0.717) is 30.5 Å². The standard InChI is InChI=1S/C32H38FN9O2/c1-40-14-16-42(17-15-40)23-9-12-41(13-10-23)22-4-2-20(3-5-22)36-32-29(30(34)43)38-28(31(39-32)37-21-18-44-19-21)27-24-8-11-35-26(24)7-6-25(27)33/h2-8,11,21,23,35H,9-10,12-19H2,1H3,(H2,34,43)(H2,36,37,39). The van der Waals surface area contributed by atoms with Gasteiger partial charge < -0.3 is 35.9 Å². The van der Waals surface area contributed by atoms with E-state index in [1.54, 1.807) is 18.3 Å². The number of carbonyl (C=O) groups is 1. The maximum atomic E-state index is 15.3. The molecule has 1 amide bonds. The van der Waals surface area contributed by atoms with Crippen LogP contribution >= 0.6 is 0 Å². The topological polar surface area (TPSA) is 128 Å². The molecule has 2 aromatic heterocycles. The van der Waals surface area contributed by atoms with Crippen molar-refractivity contribution in [2.75, 3.05) is 75.1 Å². The number of primary amides is 1. The monoisotopic (exact) mass is 599 g/mol. The molecule has 230 valence electrons. The van der Waals surface area contributed by atoms with E-state index in [1.165, 1.54) is 6.07 Å². The molecule has 4 aromatic rings. The summed E-state index contributed by atoms with van der Waals surface area (Å²) in [7, 11) is 2.20. The number of piperidine rings is 1. The molecule has 0 spiro atoms. The zero-order valence-electron chi connectivity index (χ0n) is 24.9. The van der Waals surface area contributed by atoms with Crippen molar-refractivity contribution in [2.45, 2.75) is 24.9 Å². The van der Waals surface area contributed by atoms with Gasteiger partial charge in [0.05, 0.1) is 19.3 Å². The van der Waals surface area contributed by atoms with Crippen molar-refractivity contribution in [3.05, 3.63) is 60.2 Å². The van der Waals surface area contributed by atoms with Gasteiger partial charge in [-0.15, -0.1) is 0 Å². The van der Waals surface area contributed by atoms with Gasteiger partial charge in [-0.1, -0.05) is 0 Å². The van der Waals surface area contributed by atoms with Crippen molar-refractivity contribution >= 4 is 39.8 Å². The lowest BCUT2D eigenvalue weighted by molar-refractivity contribution is 0.0209. The molecule has 44 heavy (non-hydrogen) atoms. The van der Waals surface area contributed by atoms with Crippen molar-refractivity contribution in [2.24, 2.45) is 5.73 Å². The van der Waals surface area contributed by atoms with E-state index in [0.717, 1.165) is 69.0 Å². The average molecular weight is 600 g/mol. The number of ether oxygens (including phenoxy) is 1. The number of hydrogen-bond acceptors (Lipinski definition) is 9. The second kappa shape index (κ2) is 12.0. The highest BCUT2D eigenvalue weighted by Gasteiger charge is 2.28. The number of anilines is 4. The SMILES string of the molecule is CN1CCN(C2CCN(c3ccc(Nc4nc(NC5COC5)c(-c5c(F)ccc6[nH]ccc56)nc4C(N)=O)cc3)CC2)CC1. The molecule has 0 saturated carbocycles. The van der Waals surface area contributed by atoms with Crippen LogP contribution in [0.5, 0.6) is 0 Å². The van der Waals surface area contributed by atoms with Crippen molar-refractivity contribution in [1.82, 2.24) is 24.8 Å². The van der Waals surface area contributed by atoms with Gasteiger partial charge in [0, 0.05) is 79.3 Å². The first-order chi connectivity index (χ1) is 21.4. The van der Waals surface area contributed by atoms with Crippen LogP contribution in [0.4, 0.5) is 27.4 Å². The number of benzene rings is 2. The predicted molar refractivity (Wildman–Crippen MR) is 170 cm³/mol. The molecule has 3 aliphatic heterocycles.